The van der Waals surface area contributed by atoms with Gasteiger partial charge in [0, 0.05) is 6.54 Å². The van der Waals surface area contributed by atoms with Gasteiger partial charge in [0.15, 0.2) is 0 Å². The van der Waals surface area contributed by atoms with Gasteiger partial charge in [-0.15, -0.1) is 10.2 Å². The van der Waals surface area contributed by atoms with Crippen molar-refractivity contribution >= 4 is 0 Å². The fourth-order valence-corrected chi connectivity index (χ4v) is 5.49. The van der Waals surface area contributed by atoms with Crippen LogP contribution in [0.25, 0.3) is 0 Å². The summed E-state index contributed by atoms with van der Waals surface area (Å²) in [5.41, 5.74) is 6.62. The van der Waals surface area contributed by atoms with Gasteiger partial charge in [0.1, 0.15) is 12.2 Å². The Bertz CT molecular complexity index is 438. The largest absolute Gasteiger partial charge is 0.321 e. The molecule has 0 aromatic carbocycles. The van der Waals surface area contributed by atoms with Crippen LogP contribution in [0.4, 0.5) is 0 Å². The lowest BCUT2D eigenvalue weighted by molar-refractivity contribution is -0.0486. The lowest BCUT2D eigenvalue weighted by atomic mass is 9.50. The molecule has 1 unspecified atom stereocenters. The van der Waals surface area contributed by atoms with Crippen molar-refractivity contribution in [3.8, 4) is 0 Å². The summed E-state index contributed by atoms with van der Waals surface area (Å²) in [6, 6.07) is 0.0949. The SMILES string of the molecule is CCn1cnnc1C(N)C1C2CC3CC(C2)CC1C3. The maximum Gasteiger partial charge on any atom is 0.150 e. The highest BCUT2D eigenvalue weighted by molar-refractivity contribution is 5.06. The zero-order valence-electron chi connectivity index (χ0n) is 11.7. The Morgan fingerprint density at radius 1 is 1.21 bits per heavy atom. The summed E-state index contributed by atoms with van der Waals surface area (Å²) in [7, 11) is 0. The van der Waals surface area contributed by atoms with Gasteiger partial charge in [-0.2, -0.15) is 0 Å². The average Bonchev–Trinajstić information content (AvgIpc) is 2.85. The van der Waals surface area contributed by atoms with Crippen molar-refractivity contribution in [3.63, 3.8) is 0 Å². The third-order valence-electron chi connectivity index (χ3n) is 6.00. The number of hydrogen-bond acceptors (Lipinski definition) is 3. The van der Waals surface area contributed by atoms with Crippen LogP contribution >= 0.6 is 0 Å². The van der Waals surface area contributed by atoms with Crippen LogP contribution in [0, 0.1) is 29.6 Å². The third kappa shape index (κ3) is 1.76. The smallest absolute Gasteiger partial charge is 0.150 e. The fourth-order valence-electron chi connectivity index (χ4n) is 5.49. The Morgan fingerprint density at radius 3 is 2.42 bits per heavy atom. The molecule has 19 heavy (non-hydrogen) atoms. The van der Waals surface area contributed by atoms with E-state index in [1.807, 2.05) is 6.33 Å². The van der Waals surface area contributed by atoms with E-state index in [1.165, 1.54) is 32.1 Å². The predicted octanol–water partition coefficient (Wildman–Crippen LogP) is 2.37. The number of nitrogens with zero attached hydrogens (tertiary/aromatic N) is 3. The van der Waals surface area contributed by atoms with E-state index in [1.54, 1.807) is 0 Å². The van der Waals surface area contributed by atoms with Crippen LogP contribution in [0.15, 0.2) is 6.33 Å². The Labute approximate surface area is 114 Å². The molecule has 0 saturated heterocycles. The summed E-state index contributed by atoms with van der Waals surface area (Å²) in [5, 5.41) is 8.37. The van der Waals surface area contributed by atoms with Gasteiger partial charge < -0.3 is 10.3 Å². The molecule has 5 rings (SSSR count). The zero-order chi connectivity index (χ0) is 13.0. The molecule has 1 atom stereocenters. The van der Waals surface area contributed by atoms with E-state index in [9.17, 15) is 0 Å². The molecular weight excluding hydrogens is 236 g/mol. The molecule has 4 aliphatic rings. The number of nitrogens with two attached hydrogens (primary N) is 1. The monoisotopic (exact) mass is 260 g/mol. The zero-order valence-corrected chi connectivity index (χ0v) is 11.7. The van der Waals surface area contributed by atoms with Crippen LogP contribution in [0.5, 0.6) is 0 Å². The Kier molecular flexibility index (Phi) is 2.69. The lowest BCUT2D eigenvalue weighted by Crippen LogP contribution is -2.49. The van der Waals surface area contributed by atoms with Crippen LogP contribution < -0.4 is 5.73 Å². The van der Waals surface area contributed by atoms with Crippen molar-refractivity contribution in [2.24, 2.45) is 35.3 Å². The van der Waals surface area contributed by atoms with Gasteiger partial charge in [0.2, 0.25) is 0 Å². The standard InChI is InChI=1S/C15H24N4/c1-2-19-8-17-18-15(19)14(16)13-11-4-9-3-10(6-11)7-12(13)5-9/h8-14H,2-7,16H2,1H3. The van der Waals surface area contributed by atoms with Crippen LogP contribution in [0.2, 0.25) is 0 Å². The molecule has 2 N–H and O–H groups in total. The van der Waals surface area contributed by atoms with Crippen molar-refractivity contribution in [3.05, 3.63) is 12.2 Å². The molecule has 4 aliphatic carbocycles. The van der Waals surface area contributed by atoms with Crippen molar-refractivity contribution in [1.29, 1.82) is 0 Å². The molecule has 1 heterocycles. The molecular formula is C15H24N4. The second-order valence-electron chi connectivity index (χ2n) is 7.01. The Balaban J connectivity index is 1.62. The highest BCUT2D eigenvalue weighted by atomic mass is 15.3. The fraction of sp³-hybridized carbons (Fsp3) is 0.867. The van der Waals surface area contributed by atoms with Crippen molar-refractivity contribution < 1.29 is 0 Å². The predicted molar refractivity (Wildman–Crippen MR) is 73.2 cm³/mol. The van der Waals surface area contributed by atoms with Crippen molar-refractivity contribution in [2.75, 3.05) is 0 Å². The minimum Gasteiger partial charge on any atom is -0.321 e. The van der Waals surface area contributed by atoms with Crippen LogP contribution in [-0.2, 0) is 6.54 Å². The quantitative estimate of drug-likeness (QED) is 0.907. The number of rotatable bonds is 3. The normalized spacial score (nSPS) is 41.7. The molecule has 1 aromatic heterocycles. The lowest BCUT2D eigenvalue weighted by Gasteiger charge is -2.55. The van der Waals surface area contributed by atoms with E-state index in [4.69, 9.17) is 5.73 Å². The van der Waals surface area contributed by atoms with E-state index in [-0.39, 0.29) is 6.04 Å². The summed E-state index contributed by atoms with van der Waals surface area (Å²) < 4.78 is 2.12. The maximum absolute atomic E-state index is 6.62. The molecule has 0 spiro atoms. The van der Waals surface area contributed by atoms with Crippen LogP contribution in [0.3, 0.4) is 0 Å². The minimum atomic E-state index is 0.0949. The highest BCUT2D eigenvalue weighted by Crippen LogP contribution is 2.58. The van der Waals surface area contributed by atoms with Gasteiger partial charge in [-0.05, 0) is 68.6 Å². The Hall–Kier alpha value is -0.900. The molecule has 104 valence electrons. The van der Waals surface area contributed by atoms with Gasteiger partial charge in [-0.1, -0.05) is 0 Å². The molecule has 4 heteroatoms. The first-order chi connectivity index (χ1) is 9.26. The first kappa shape index (κ1) is 11.9. The van der Waals surface area contributed by atoms with Gasteiger partial charge in [-0.3, -0.25) is 0 Å². The summed E-state index contributed by atoms with van der Waals surface area (Å²) in [6.45, 7) is 3.06. The highest BCUT2D eigenvalue weighted by Gasteiger charge is 2.50. The van der Waals surface area contributed by atoms with Gasteiger partial charge in [-0.25, -0.2) is 0 Å². The topological polar surface area (TPSA) is 56.7 Å². The first-order valence-electron chi connectivity index (χ1n) is 7.89. The first-order valence-corrected chi connectivity index (χ1v) is 7.89. The molecule has 4 nitrogen and oxygen atoms in total. The van der Waals surface area contributed by atoms with E-state index in [2.05, 4.69) is 21.7 Å². The molecule has 4 saturated carbocycles. The maximum atomic E-state index is 6.62. The second kappa shape index (κ2) is 4.30. The summed E-state index contributed by atoms with van der Waals surface area (Å²) in [6.07, 6.45) is 9.01. The minimum absolute atomic E-state index is 0.0949. The summed E-state index contributed by atoms with van der Waals surface area (Å²) in [4.78, 5) is 0. The van der Waals surface area contributed by atoms with Crippen molar-refractivity contribution in [1.82, 2.24) is 14.8 Å². The molecule has 4 fully saturated rings. The van der Waals surface area contributed by atoms with Gasteiger partial charge in [0.25, 0.3) is 0 Å². The second-order valence-corrected chi connectivity index (χ2v) is 7.01. The molecule has 1 aromatic rings. The number of aryl methyl sites for hydroxylation is 1. The van der Waals surface area contributed by atoms with E-state index < -0.39 is 0 Å². The van der Waals surface area contributed by atoms with Gasteiger partial charge in [0.05, 0.1) is 6.04 Å². The van der Waals surface area contributed by atoms with Crippen LogP contribution in [0.1, 0.15) is 50.9 Å². The number of hydrogen-bond donors (Lipinski definition) is 1. The molecule has 0 amide bonds. The summed E-state index contributed by atoms with van der Waals surface area (Å²) in [5.74, 6) is 5.40. The molecule has 0 aliphatic heterocycles. The Morgan fingerprint density at radius 2 is 1.84 bits per heavy atom. The molecule has 0 radical (unpaired) electrons. The van der Waals surface area contributed by atoms with E-state index >= 15 is 0 Å². The third-order valence-corrected chi connectivity index (χ3v) is 6.00. The van der Waals surface area contributed by atoms with E-state index in [0.717, 1.165) is 36.0 Å². The summed E-state index contributed by atoms with van der Waals surface area (Å²) >= 11 is 0. The molecule has 4 bridgehead atoms. The van der Waals surface area contributed by atoms with Crippen LogP contribution in [-0.4, -0.2) is 14.8 Å². The average molecular weight is 260 g/mol. The van der Waals surface area contributed by atoms with Gasteiger partial charge >= 0.3 is 0 Å². The number of aromatic nitrogens is 3. The van der Waals surface area contributed by atoms with E-state index in [0.29, 0.717) is 5.92 Å². The van der Waals surface area contributed by atoms with Crippen molar-refractivity contribution in [2.45, 2.75) is 51.6 Å².